The molecule has 0 spiro atoms. The van der Waals surface area contributed by atoms with Crippen molar-refractivity contribution in [3.05, 3.63) is 77.5 Å². The highest BCUT2D eigenvalue weighted by molar-refractivity contribution is 7.99. The van der Waals surface area contributed by atoms with Gasteiger partial charge in [0.2, 0.25) is 0 Å². The van der Waals surface area contributed by atoms with Crippen LogP contribution in [0.1, 0.15) is 5.76 Å². The molecule has 1 heterocycles. The van der Waals surface area contributed by atoms with Crippen LogP contribution in [0.2, 0.25) is 5.02 Å². The normalized spacial score (nSPS) is 10.8. The van der Waals surface area contributed by atoms with Crippen LogP contribution < -0.4 is 10.7 Å². The van der Waals surface area contributed by atoms with Crippen LogP contribution >= 0.6 is 23.4 Å². The molecule has 0 saturated carbocycles. The molecule has 0 radical (unpaired) electrons. The van der Waals surface area contributed by atoms with E-state index in [1.165, 1.54) is 18.0 Å². The molecule has 0 bridgehead atoms. The lowest BCUT2D eigenvalue weighted by molar-refractivity contribution is 0.252. The molecular weight excluding hydrogens is 358 g/mol. The molecule has 2 amide bonds. The third-order valence-corrected chi connectivity index (χ3v) is 4.20. The zero-order valence-corrected chi connectivity index (χ0v) is 14.6. The molecule has 0 saturated heterocycles. The molecule has 0 fully saturated rings. The Morgan fingerprint density at radius 1 is 1.04 bits per heavy atom. The first kappa shape index (κ1) is 17.1. The molecule has 7 heteroatoms. The van der Waals surface area contributed by atoms with Gasteiger partial charge in [0.15, 0.2) is 5.09 Å². The largest absolute Gasteiger partial charge is 0.448 e. The van der Waals surface area contributed by atoms with Crippen molar-refractivity contribution < 1.29 is 9.21 Å². The molecule has 0 aliphatic heterocycles. The second kappa shape index (κ2) is 8.41. The summed E-state index contributed by atoms with van der Waals surface area (Å²) >= 11 is 7.33. The average Bonchev–Trinajstić information content (AvgIpc) is 3.05. The molecule has 126 valence electrons. The summed E-state index contributed by atoms with van der Waals surface area (Å²) in [5.74, 6) is 0.538. The summed E-state index contributed by atoms with van der Waals surface area (Å²) in [5, 5.41) is 7.93. The van der Waals surface area contributed by atoms with Crippen LogP contribution in [0.4, 0.5) is 10.5 Å². The second-order valence-corrected chi connectivity index (χ2v) is 6.42. The van der Waals surface area contributed by atoms with Gasteiger partial charge in [-0.1, -0.05) is 41.6 Å². The van der Waals surface area contributed by atoms with Gasteiger partial charge in [0.25, 0.3) is 0 Å². The van der Waals surface area contributed by atoms with Crippen LogP contribution in [0.3, 0.4) is 0 Å². The SMILES string of the molecule is O=C(N/N=C/c1ccc(Sc2ccc(Cl)cc2)o1)Nc1ccccc1. The number of para-hydroxylation sites is 1. The highest BCUT2D eigenvalue weighted by Gasteiger charge is 2.03. The summed E-state index contributed by atoms with van der Waals surface area (Å²) in [4.78, 5) is 12.7. The van der Waals surface area contributed by atoms with Crippen LogP contribution in [-0.2, 0) is 0 Å². The maximum Gasteiger partial charge on any atom is 0.339 e. The van der Waals surface area contributed by atoms with E-state index in [1.54, 1.807) is 18.2 Å². The van der Waals surface area contributed by atoms with Gasteiger partial charge in [-0.25, -0.2) is 10.2 Å². The Kier molecular flexibility index (Phi) is 5.77. The van der Waals surface area contributed by atoms with Crippen molar-refractivity contribution in [3.63, 3.8) is 0 Å². The molecule has 5 nitrogen and oxygen atoms in total. The molecule has 2 N–H and O–H groups in total. The second-order valence-electron chi connectivity index (χ2n) is 4.90. The average molecular weight is 372 g/mol. The van der Waals surface area contributed by atoms with Gasteiger partial charge in [-0.2, -0.15) is 5.10 Å². The number of hydrazone groups is 1. The maximum absolute atomic E-state index is 11.7. The summed E-state index contributed by atoms with van der Waals surface area (Å²) in [5.41, 5.74) is 3.07. The first-order chi connectivity index (χ1) is 12.2. The van der Waals surface area contributed by atoms with Gasteiger partial charge in [-0.15, -0.1) is 0 Å². The van der Waals surface area contributed by atoms with Gasteiger partial charge >= 0.3 is 6.03 Å². The fraction of sp³-hybridized carbons (Fsp3) is 0. The number of nitrogens with zero attached hydrogens (tertiary/aromatic N) is 1. The van der Waals surface area contributed by atoms with Crippen molar-refractivity contribution in [3.8, 4) is 0 Å². The van der Waals surface area contributed by atoms with Gasteiger partial charge in [0, 0.05) is 15.6 Å². The van der Waals surface area contributed by atoms with E-state index in [1.807, 2.05) is 48.5 Å². The first-order valence-corrected chi connectivity index (χ1v) is 8.57. The van der Waals surface area contributed by atoms with E-state index in [9.17, 15) is 4.79 Å². The standard InChI is InChI=1S/C18H14ClN3O2S/c19-13-6-9-16(10-7-13)25-17-11-8-15(24-17)12-20-22-18(23)21-14-4-2-1-3-5-14/h1-12H,(H2,21,22,23)/b20-12+. The molecule has 25 heavy (non-hydrogen) atoms. The molecule has 0 atom stereocenters. The third kappa shape index (κ3) is 5.41. The van der Waals surface area contributed by atoms with Gasteiger partial charge in [0.05, 0.1) is 6.21 Å². The van der Waals surface area contributed by atoms with Crippen molar-refractivity contribution in [2.75, 3.05) is 5.32 Å². The molecule has 2 aromatic carbocycles. The molecule has 0 unspecified atom stereocenters. The quantitative estimate of drug-likeness (QED) is 0.476. The van der Waals surface area contributed by atoms with Crippen molar-refractivity contribution in [1.29, 1.82) is 0 Å². The summed E-state index contributed by atoms with van der Waals surface area (Å²) < 4.78 is 5.63. The van der Waals surface area contributed by atoms with Gasteiger partial charge in [-0.05, 0) is 48.5 Å². The number of carbonyl (C=O) groups excluding carboxylic acids is 1. The zero-order chi connectivity index (χ0) is 17.5. The predicted octanol–water partition coefficient (Wildman–Crippen LogP) is 5.24. The molecule has 0 aliphatic carbocycles. The zero-order valence-electron chi connectivity index (χ0n) is 13.0. The van der Waals surface area contributed by atoms with Gasteiger partial charge < -0.3 is 9.73 Å². The minimum atomic E-state index is -0.426. The van der Waals surface area contributed by atoms with E-state index in [2.05, 4.69) is 15.8 Å². The number of halogens is 1. The van der Waals surface area contributed by atoms with E-state index in [4.69, 9.17) is 16.0 Å². The summed E-state index contributed by atoms with van der Waals surface area (Å²) in [7, 11) is 0. The number of amides is 2. The Morgan fingerprint density at radius 2 is 1.80 bits per heavy atom. The molecule has 0 aliphatic rings. The minimum absolute atomic E-state index is 0.426. The number of hydrogen-bond acceptors (Lipinski definition) is 4. The van der Waals surface area contributed by atoms with Crippen LogP contribution in [-0.4, -0.2) is 12.2 Å². The van der Waals surface area contributed by atoms with E-state index in [0.29, 0.717) is 16.5 Å². The number of rotatable bonds is 5. The topological polar surface area (TPSA) is 66.6 Å². The number of nitrogens with one attached hydrogen (secondary N) is 2. The highest BCUT2D eigenvalue weighted by atomic mass is 35.5. The molecule has 3 rings (SSSR count). The summed E-state index contributed by atoms with van der Waals surface area (Å²) in [6.45, 7) is 0. The monoisotopic (exact) mass is 371 g/mol. The Labute approximate surface area is 154 Å². The van der Waals surface area contributed by atoms with E-state index >= 15 is 0 Å². The minimum Gasteiger partial charge on any atom is -0.448 e. The number of furan rings is 1. The predicted molar refractivity (Wildman–Crippen MR) is 100 cm³/mol. The van der Waals surface area contributed by atoms with Gasteiger partial charge in [-0.3, -0.25) is 0 Å². The smallest absolute Gasteiger partial charge is 0.339 e. The van der Waals surface area contributed by atoms with Crippen molar-refractivity contribution in [2.24, 2.45) is 5.10 Å². The van der Waals surface area contributed by atoms with Crippen molar-refractivity contribution in [2.45, 2.75) is 9.99 Å². The van der Waals surface area contributed by atoms with Crippen LogP contribution in [0, 0.1) is 0 Å². The first-order valence-electron chi connectivity index (χ1n) is 7.37. The van der Waals surface area contributed by atoms with E-state index < -0.39 is 6.03 Å². The Bertz CT molecular complexity index is 864. The summed E-state index contributed by atoms with van der Waals surface area (Å²) in [6.07, 6.45) is 1.44. The lowest BCUT2D eigenvalue weighted by atomic mass is 10.3. The third-order valence-electron chi connectivity index (χ3n) is 3.02. The number of anilines is 1. The number of hydrogen-bond donors (Lipinski definition) is 2. The van der Waals surface area contributed by atoms with Crippen molar-refractivity contribution in [1.82, 2.24) is 5.43 Å². The fourth-order valence-electron chi connectivity index (χ4n) is 1.91. The Morgan fingerprint density at radius 3 is 2.56 bits per heavy atom. The van der Waals surface area contributed by atoms with Gasteiger partial charge in [0.1, 0.15) is 5.76 Å². The molecular formula is C18H14ClN3O2S. The maximum atomic E-state index is 11.7. The number of carbonyl (C=O) groups is 1. The molecule has 3 aromatic rings. The fourth-order valence-corrected chi connectivity index (χ4v) is 2.82. The number of benzene rings is 2. The van der Waals surface area contributed by atoms with Crippen LogP contribution in [0.25, 0.3) is 0 Å². The Hall–Kier alpha value is -2.70. The summed E-state index contributed by atoms with van der Waals surface area (Å²) in [6, 6.07) is 19.8. The van der Waals surface area contributed by atoms with E-state index in [-0.39, 0.29) is 0 Å². The number of urea groups is 1. The van der Waals surface area contributed by atoms with Crippen LogP contribution in [0.5, 0.6) is 0 Å². The lowest BCUT2D eigenvalue weighted by Gasteiger charge is -2.02. The lowest BCUT2D eigenvalue weighted by Crippen LogP contribution is -2.24. The molecule has 1 aromatic heterocycles. The van der Waals surface area contributed by atoms with Crippen molar-refractivity contribution >= 4 is 41.3 Å². The van der Waals surface area contributed by atoms with Crippen LogP contribution in [0.15, 0.2) is 86.2 Å². The van der Waals surface area contributed by atoms with E-state index in [0.717, 1.165) is 9.99 Å². The Balaban J connectivity index is 1.51. The highest BCUT2D eigenvalue weighted by Crippen LogP contribution is 2.29.